The molecule has 0 aliphatic heterocycles. The lowest BCUT2D eigenvalue weighted by atomic mass is 10.1. The van der Waals surface area contributed by atoms with Crippen LogP contribution in [0.3, 0.4) is 0 Å². The normalized spacial score (nSPS) is 10.8. The molecule has 72 valence electrons. The molecular weight excluding hydrogens is 247 g/mol. The van der Waals surface area contributed by atoms with E-state index in [1.54, 1.807) is 0 Å². The molecule has 4 heteroatoms. The Morgan fingerprint density at radius 2 is 2.07 bits per heavy atom. The molecule has 0 aliphatic carbocycles. The topological polar surface area (TPSA) is 38.9 Å². The third-order valence-corrected chi connectivity index (χ3v) is 2.52. The van der Waals surface area contributed by atoms with Crippen LogP contribution >= 0.6 is 15.9 Å². The second-order valence-corrected chi connectivity index (χ2v) is 4.07. The Morgan fingerprint density at radius 3 is 2.79 bits per heavy atom. The van der Waals surface area contributed by atoms with Crippen molar-refractivity contribution in [1.29, 1.82) is 0 Å². The standard InChI is InChI=1S/C10H8BrFN2/c1-5-2-6-3-7(11)4-8(12)9(6)14-10(5)13/h2-4H,1H3,(H2,13,14). The van der Waals surface area contributed by atoms with E-state index >= 15 is 0 Å². The van der Waals surface area contributed by atoms with Gasteiger partial charge in [0.05, 0.1) is 0 Å². The summed E-state index contributed by atoms with van der Waals surface area (Å²) in [7, 11) is 0. The van der Waals surface area contributed by atoms with Gasteiger partial charge >= 0.3 is 0 Å². The average molecular weight is 255 g/mol. The molecule has 2 rings (SSSR count). The highest BCUT2D eigenvalue weighted by molar-refractivity contribution is 9.10. The number of rotatable bonds is 0. The zero-order chi connectivity index (χ0) is 10.3. The maximum absolute atomic E-state index is 13.4. The minimum atomic E-state index is -0.360. The fourth-order valence-electron chi connectivity index (χ4n) is 1.33. The van der Waals surface area contributed by atoms with Gasteiger partial charge in [0, 0.05) is 9.86 Å². The summed E-state index contributed by atoms with van der Waals surface area (Å²) in [5.74, 6) is 0.0137. The first-order valence-corrected chi connectivity index (χ1v) is 4.89. The van der Waals surface area contributed by atoms with Crippen molar-refractivity contribution in [2.45, 2.75) is 6.92 Å². The Balaban J connectivity index is 2.89. The molecule has 1 heterocycles. The van der Waals surface area contributed by atoms with Crippen LogP contribution in [0.2, 0.25) is 0 Å². The molecule has 0 unspecified atom stereocenters. The number of hydrogen-bond acceptors (Lipinski definition) is 2. The molecule has 0 fully saturated rings. The fraction of sp³-hybridized carbons (Fsp3) is 0.100. The predicted octanol–water partition coefficient (Wildman–Crippen LogP) is 3.03. The van der Waals surface area contributed by atoms with Gasteiger partial charge in [0.1, 0.15) is 11.3 Å². The predicted molar refractivity (Wildman–Crippen MR) is 58.6 cm³/mol. The zero-order valence-corrected chi connectivity index (χ0v) is 9.10. The number of nitrogens with zero attached hydrogens (tertiary/aromatic N) is 1. The molecule has 1 aromatic heterocycles. The summed E-state index contributed by atoms with van der Waals surface area (Å²) >= 11 is 3.23. The van der Waals surface area contributed by atoms with Crippen LogP contribution in [-0.4, -0.2) is 4.98 Å². The van der Waals surface area contributed by atoms with Crippen molar-refractivity contribution in [2.75, 3.05) is 5.73 Å². The van der Waals surface area contributed by atoms with E-state index in [2.05, 4.69) is 20.9 Å². The molecule has 0 spiro atoms. The number of aromatic nitrogens is 1. The SMILES string of the molecule is Cc1cc2cc(Br)cc(F)c2nc1N. The molecule has 0 aliphatic rings. The van der Waals surface area contributed by atoms with Crippen molar-refractivity contribution < 1.29 is 4.39 Å². The Hall–Kier alpha value is -1.16. The summed E-state index contributed by atoms with van der Waals surface area (Å²) in [6.07, 6.45) is 0. The van der Waals surface area contributed by atoms with Gasteiger partial charge in [-0.05, 0) is 30.7 Å². The fourth-order valence-corrected chi connectivity index (χ4v) is 1.78. The van der Waals surface area contributed by atoms with Gasteiger partial charge in [0.15, 0.2) is 5.82 Å². The minimum absolute atomic E-state index is 0.316. The molecular formula is C10H8BrFN2. The molecule has 0 saturated carbocycles. The molecule has 2 aromatic rings. The molecule has 0 atom stereocenters. The van der Waals surface area contributed by atoms with Crippen LogP contribution in [0.4, 0.5) is 10.2 Å². The van der Waals surface area contributed by atoms with E-state index in [1.165, 1.54) is 6.07 Å². The summed E-state index contributed by atoms with van der Waals surface area (Å²) in [4.78, 5) is 4.00. The van der Waals surface area contributed by atoms with Crippen LogP contribution in [0.25, 0.3) is 10.9 Å². The second-order valence-electron chi connectivity index (χ2n) is 3.15. The molecule has 0 amide bonds. The van der Waals surface area contributed by atoms with E-state index < -0.39 is 0 Å². The van der Waals surface area contributed by atoms with Gasteiger partial charge < -0.3 is 5.73 Å². The maximum Gasteiger partial charge on any atom is 0.150 e. The first-order valence-electron chi connectivity index (χ1n) is 4.10. The Kier molecular flexibility index (Phi) is 2.15. The van der Waals surface area contributed by atoms with Gasteiger partial charge in [-0.3, -0.25) is 0 Å². The van der Waals surface area contributed by atoms with Crippen LogP contribution in [-0.2, 0) is 0 Å². The Bertz CT molecular complexity index is 511. The number of aryl methyl sites for hydroxylation is 1. The largest absolute Gasteiger partial charge is 0.383 e. The lowest BCUT2D eigenvalue weighted by Crippen LogP contribution is -1.95. The molecule has 1 aromatic carbocycles. The molecule has 0 saturated heterocycles. The van der Waals surface area contributed by atoms with Crippen molar-refractivity contribution >= 4 is 32.7 Å². The maximum atomic E-state index is 13.4. The minimum Gasteiger partial charge on any atom is -0.383 e. The third kappa shape index (κ3) is 1.46. The van der Waals surface area contributed by atoms with E-state index in [-0.39, 0.29) is 5.82 Å². The summed E-state index contributed by atoms with van der Waals surface area (Å²) in [6, 6.07) is 5.02. The van der Waals surface area contributed by atoms with E-state index in [9.17, 15) is 4.39 Å². The highest BCUT2D eigenvalue weighted by atomic mass is 79.9. The van der Waals surface area contributed by atoms with E-state index in [0.29, 0.717) is 15.8 Å². The van der Waals surface area contributed by atoms with Gasteiger partial charge in [0.2, 0.25) is 0 Å². The van der Waals surface area contributed by atoms with Crippen LogP contribution in [0.5, 0.6) is 0 Å². The second kappa shape index (κ2) is 3.20. The highest BCUT2D eigenvalue weighted by Crippen LogP contribution is 2.24. The van der Waals surface area contributed by atoms with E-state index in [4.69, 9.17) is 5.73 Å². The van der Waals surface area contributed by atoms with Crippen molar-refractivity contribution in [2.24, 2.45) is 0 Å². The third-order valence-electron chi connectivity index (χ3n) is 2.07. The molecule has 0 radical (unpaired) electrons. The Morgan fingerprint density at radius 1 is 1.36 bits per heavy atom. The van der Waals surface area contributed by atoms with Gasteiger partial charge in [0.25, 0.3) is 0 Å². The quantitative estimate of drug-likeness (QED) is 0.785. The number of fused-ring (bicyclic) bond motifs is 1. The first-order chi connectivity index (χ1) is 6.58. The van der Waals surface area contributed by atoms with Crippen molar-refractivity contribution in [3.63, 3.8) is 0 Å². The number of halogens is 2. The number of pyridine rings is 1. The molecule has 2 nitrogen and oxygen atoms in total. The Labute approximate surface area is 89.1 Å². The van der Waals surface area contributed by atoms with Crippen molar-refractivity contribution in [1.82, 2.24) is 4.98 Å². The molecule has 14 heavy (non-hydrogen) atoms. The lowest BCUT2D eigenvalue weighted by molar-refractivity contribution is 0.636. The summed E-state index contributed by atoms with van der Waals surface area (Å²) < 4.78 is 14.1. The van der Waals surface area contributed by atoms with E-state index in [1.807, 2.05) is 19.1 Å². The first kappa shape index (κ1) is 9.40. The van der Waals surface area contributed by atoms with Gasteiger partial charge in [-0.15, -0.1) is 0 Å². The zero-order valence-electron chi connectivity index (χ0n) is 7.51. The van der Waals surface area contributed by atoms with Crippen LogP contribution in [0.1, 0.15) is 5.56 Å². The van der Waals surface area contributed by atoms with Crippen molar-refractivity contribution in [3.05, 3.63) is 34.1 Å². The number of anilines is 1. The average Bonchev–Trinajstić information content (AvgIpc) is 2.08. The monoisotopic (exact) mass is 254 g/mol. The molecule has 0 bridgehead atoms. The van der Waals surface area contributed by atoms with Gasteiger partial charge in [-0.25, -0.2) is 9.37 Å². The van der Waals surface area contributed by atoms with Crippen LogP contribution < -0.4 is 5.73 Å². The van der Waals surface area contributed by atoms with Crippen LogP contribution in [0, 0.1) is 12.7 Å². The smallest absolute Gasteiger partial charge is 0.150 e. The number of hydrogen-bond donors (Lipinski definition) is 1. The molecule has 2 N–H and O–H groups in total. The van der Waals surface area contributed by atoms with Gasteiger partial charge in [-0.1, -0.05) is 15.9 Å². The summed E-state index contributed by atoms with van der Waals surface area (Å²) in [5, 5.41) is 0.753. The lowest BCUT2D eigenvalue weighted by Gasteiger charge is -2.04. The highest BCUT2D eigenvalue weighted by Gasteiger charge is 2.06. The van der Waals surface area contributed by atoms with E-state index in [0.717, 1.165) is 10.9 Å². The number of benzene rings is 1. The van der Waals surface area contributed by atoms with Crippen molar-refractivity contribution in [3.8, 4) is 0 Å². The number of nitrogen functional groups attached to an aromatic ring is 1. The summed E-state index contributed by atoms with van der Waals surface area (Å²) in [5.41, 5.74) is 6.78. The van der Waals surface area contributed by atoms with Gasteiger partial charge in [-0.2, -0.15) is 0 Å². The van der Waals surface area contributed by atoms with Crippen LogP contribution in [0.15, 0.2) is 22.7 Å². The summed E-state index contributed by atoms with van der Waals surface area (Å²) in [6.45, 7) is 1.85. The number of nitrogens with two attached hydrogens (primary N) is 1.